The number of anilines is 2. The largest absolute Gasteiger partial charge is 0.484 e. The maximum atomic E-state index is 6.27. The number of aromatic nitrogens is 2. The molecule has 2 aliphatic rings. The van der Waals surface area contributed by atoms with Crippen molar-refractivity contribution in [2.45, 2.75) is 25.0 Å². The molecule has 2 saturated heterocycles. The second-order valence-electron chi connectivity index (χ2n) is 7.60. The zero-order valence-corrected chi connectivity index (χ0v) is 17.0. The van der Waals surface area contributed by atoms with Crippen molar-refractivity contribution in [3.8, 4) is 23.8 Å². The lowest BCUT2D eigenvalue weighted by Gasteiger charge is -2.20. The summed E-state index contributed by atoms with van der Waals surface area (Å²) >= 11 is 0. The van der Waals surface area contributed by atoms with Gasteiger partial charge in [0.05, 0.1) is 31.9 Å². The third-order valence-corrected chi connectivity index (χ3v) is 5.36. The number of benzene rings is 2. The summed E-state index contributed by atoms with van der Waals surface area (Å²) in [5.74, 6) is 4.64. The normalized spacial score (nSPS) is 20.5. The topological polar surface area (TPSA) is 74.7 Å². The molecule has 31 heavy (non-hydrogen) atoms. The number of rotatable bonds is 6. The fourth-order valence-electron chi connectivity index (χ4n) is 3.74. The highest BCUT2D eigenvalue weighted by Crippen LogP contribution is 2.37. The van der Waals surface area contributed by atoms with Gasteiger partial charge in [0, 0.05) is 35.5 Å². The molecule has 5 rings (SSSR count). The van der Waals surface area contributed by atoms with Gasteiger partial charge in [0.1, 0.15) is 24.4 Å². The smallest absolute Gasteiger partial charge is 0.163 e. The molecule has 0 saturated carbocycles. The van der Waals surface area contributed by atoms with Crippen molar-refractivity contribution < 1.29 is 18.9 Å². The number of terminal acetylenes is 1. The molecule has 0 amide bonds. The van der Waals surface area contributed by atoms with E-state index in [-0.39, 0.29) is 12.2 Å². The number of hydrogen-bond donors (Lipinski definition) is 1. The Balaban J connectivity index is 1.52. The van der Waals surface area contributed by atoms with Gasteiger partial charge in [0.15, 0.2) is 11.5 Å². The Labute approximate surface area is 180 Å². The molecule has 2 aromatic carbocycles. The molecule has 2 fully saturated rings. The number of fused-ring (bicyclic) bond motifs is 1. The SMILES string of the molecule is C#Cc1cccc(Nc2ncnc3cc(O[C@H]4CCOC4)c(O[C@@H]4CCOC4)cc23)c1. The molecule has 0 radical (unpaired) electrons. The molecular weight excluding hydrogens is 394 g/mol. The first kappa shape index (κ1) is 19.6. The van der Waals surface area contributed by atoms with Gasteiger partial charge >= 0.3 is 0 Å². The van der Waals surface area contributed by atoms with E-state index in [0.717, 1.165) is 35.0 Å². The summed E-state index contributed by atoms with van der Waals surface area (Å²) < 4.78 is 23.4. The summed E-state index contributed by atoms with van der Waals surface area (Å²) in [6.07, 6.45) is 8.76. The van der Waals surface area contributed by atoms with Gasteiger partial charge in [-0.15, -0.1) is 6.42 Å². The zero-order chi connectivity index (χ0) is 21.0. The average Bonchev–Trinajstić information content (AvgIpc) is 3.49. The lowest BCUT2D eigenvalue weighted by atomic mass is 10.1. The van der Waals surface area contributed by atoms with Crippen LogP contribution in [0, 0.1) is 12.3 Å². The predicted molar refractivity (Wildman–Crippen MR) is 117 cm³/mol. The Kier molecular flexibility index (Phi) is 5.57. The second-order valence-corrected chi connectivity index (χ2v) is 7.60. The van der Waals surface area contributed by atoms with Crippen LogP contribution >= 0.6 is 0 Å². The van der Waals surface area contributed by atoms with Crippen LogP contribution in [0.3, 0.4) is 0 Å². The Morgan fingerprint density at radius 1 is 0.968 bits per heavy atom. The molecule has 158 valence electrons. The van der Waals surface area contributed by atoms with E-state index in [9.17, 15) is 0 Å². The number of hydrogen-bond acceptors (Lipinski definition) is 7. The van der Waals surface area contributed by atoms with Gasteiger partial charge in [-0.3, -0.25) is 0 Å². The lowest BCUT2D eigenvalue weighted by molar-refractivity contribution is 0.123. The van der Waals surface area contributed by atoms with Crippen molar-refractivity contribution >= 4 is 22.4 Å². The monoisotopic (exact) mass is 417 g/mol. The Bertz CT molecular complexity index is 1120. The molecule has 0 bridgehead atoms. The number of nitrogens with one attached hydrogen (secondary N) is 1. The van der Waals surface area contributed by atoms with E-state index in [1.807, 2.05) is 36.4 Å². The van der Waals surface area contributed by atoms with Crippen LogP contribution in [-0.2, 0) is 9.47 Å². The van der Waals surface area contributed by atoms with E-state index in [0.29, 0.717) is 43.7 Å². The number of ether oxygens (including phenoxy) is 4. The zero-order valence-electron chi connectivity index (χ0n) is 17.0. The van der Waals surface area contributed by atoms with E-state index in [1.165, 1.54) is 6.33 Å². The van der Waals surface area contributed by atoms with Gasteiger partial charge < -0.3 is 24.3 Å². The molecule has 7 nitrogen and oxygen atoms in total. The highest BCUT2D eigenvalue weighted by atomic mass is 16.6. The van der Waals surface area contributed by atoms with Gasteiger partial charge in [-0.05, 0) is 24.3 Å². The molecule has 3 aromatic rings. The highest BCUT2D eigenvalue weighted by Gasteiger charge is 2.24. The van der Waals surface area contributed by atoms with Crippen molar-refractivity contribution in [2.24, 2.45) is 0 Å². The van der Waals surface area contributed by atoms with Crippen LogP contribution in [0.4, 0.5) is 11.5 Å². The summed E-state index contributed by atoms with van der Waals surface area (Å²) in [4.78, 5) is 8.90. The first-order chi connectivity index (χ1) is 15.3. The number of nitrogens with zero attached hydrogens (tertiary/aromatic N) is 2. The van der Waals surface area contributed by atoms with Crippen LogP contribution in [0.5, 0.6) is 11.5 Å². The summed E-state index contributed by atoms with van der Waals surface area (Å²) in [6.45, 7) is 2.55. The van der Waals surface area contributed by atoms with Crippen LogP contribution in [0.2, 0.25) is 0 Å². The molecule has 7 heteroatoms. The van der Waals surface area contributed by atoms with Gasteiger partial charge in [-0.1, -0.05) is 12.0 Å². The molecular formula is C24H23N3O4. The summed E-state index contributed by atoms with van der Waals surface area (Å²) in [6, 6.07) is 11.5. The molecule has 0 spiro atoms. The Hall–Kier alpha value is -3.34. The van der Waals surface area contributed by atoms with Gasteiger partial charge in [-0.2, -0.15) is 0 Å². The maximum Gasteiger partial charge on any atom is 0.163 e. The first-order valence-corrected chi connectivity index (χ1v) is 10.4. The predicted octanol–water partition coefficient (Wildman–Crippen LogP) is 3.69. The second kappa shape index (κ2) is 8.80. The molecule has 0 unspecified atom stereocenters. The summed E-state index contributed by atoms with van der Waals surface area (Å²) in [5, 5.41) is 4.18. The van der Waals surface area contributed by atoms with Crippen molar-refractivity contribution in [1.82, 2.24) is 9.97 Å². The van der Waals surface area contributed by atoms with Gasteiger partial charge in [0.25, 0.3) is 0 Å². The average molecular weight is 417 g/mol. The van der Waals surface area contributed by atoms with Crippen LogP contribution in [0.1, 0.15) is 18.4 Å². The first-order valence-electron chi connectivity index (χ1n) is 10.4. The van der Waals surface area contributed by atoms with Crippen molar-refractivity contribution in [3.05, 3.63) is 48.3 Å². The van der Waals surface area contributed by atoms with Crippen molar-refractivity contribution in [1.29, 1.82) is 0 Å². The maximum absolute atomic E-state index is 6.27. The highest BCUT2D eigenvalue weighted by molar-refractivity contribution is 5.93. The quantitative estimate of drug-likeness (QED) is 0.613. The molecule has 2 atom stereocenters. The van der Waals surface area contributed by atoms with Crippen LogP contribution in [-0.4, -0.2) is 48.6 Å². The van der Waals surface area contributed by atoms with E-state index in [1.54, 1.807) is 0 Å². The van der Waals surface area contributed by atoms with Crippen LogP contribution in [0.15, 0.2) is 42.7 Å². The standard InChI is InChI=1S/C24H23N3O4/c1-2-16-4-3-5-17(10-16)27-24-20-11-22(30-18-6-8-28-13-18)23(12-21(20)25-15-26-24)31-19-7-9-29-14-19/h1,3-5,10-12,15,18-19H,6-9,13-14H2,(H,25,26,27)/t18-,19+/m1/s1. The van der Waals surface area contributed by atoms with Crippen molar-refractivity contribution in [2.75, 3.05) is 31.7 Å². The van der Waals surface area contributed by atoms with Gasteiger partial charge in [0.2, 0.25) is 0 Å². The van der Waals surface area contributed by atoms with E-state index >= 15 is 0 Å². The molecule has 0 aliphatic carbocycles. The van der Waals surface area contributed by atoms with Gasteiger partial charge in [-0.25, -0.2) is 9.97 Å². The molecule has 1 aromatic heterocycles. The minimum absolute atomic E-state index is 0.00515. The van der Waals surface area contributed by atoms with E-state index < -0.39 is 0 Å². The Morgan fingerprint density at radius 2 is 1.71 bits per heavy atom. The minimum Gasteiger partial charge on any atom is -0.484 e. The molecule has 2 aliphatic heterocycles. The minimum atomic E-state index is -0.00650. The van der Waals surface area contributed by atoms with E-state index in [4.69, 9.17) is 25.4 Å². The van der Waals surface area contributed by atoms with E-state index in [2.05, 4.69) is 21.2 Å². The molecule has 3 heterocycles. The van der Waals surface area contributed by atoms with Crippen LogP contribution < -0.4 is 14.8 Å². The third-order valence-electron chi connectivity index (χ3n) is 5.36. The van der Waals surface area contributed by atoms with Crippen LogP contribution in [0.25, 0.3) is 10.9 Å². The third kappa shape index (κ3) is 4.41. The van der Waals surface area contributed by atoms with Crippen molar-refractivity contribution in [3.63, 3.8) is 0 Å². The lowest BCUT2D eigenvalue weighted by Crippen LogP contribution is -2.19. The molecule has 1 N–H and O–H groups in total. The fourth-order valence-corrected chi connectivity index (χ4v) is 3.74. The summed E-state index contributed by atoms with van der Waals surface area (Å²) in [5.41, 5.74) is 2.41. The Morgan fingerprint density at radius 3 is 2.39 bits per heavy atom. The summed E-state index contributed by atoms with van der Waals surface area (Å²) in [7, 11) is 0. The fraction of sp³-hybridized carbons (Fsp3) is 0.333.